The van der Waals surface area contributed by atoms with Crippen LogP contribution < -0.4 is 20.1 Å². The SMILES string of the molecule is Fc1ccc(Nc2nncc(Nc3ccc4c(c3)OCO4)n2)cc1. The molecule has 3 aromatic rings. The van der Waals surface area contributed by atoms with E-state index in [-0.39, 0.29) is 12.6 Å². The van der Waals surface area contributed by atoms with E-state index < -0.39 is 0 Å². The summed E-state index contributed by atoms with van der Waals surface area (Å²) in [5.41, 5.74) is 1.45. The second kappa shape index (κ2) is 5.99. The molecule has 1 aromatic heterocycles. The Morgan fingerprint density at radius 2 is 1.71 bits per heavy atom. The lowest BCUT2D eigenvalue weighted by atomic mass is 10.3. The Morgan fingerprint density at radius 1 is 0.917 bits per heavy atom. The van der Waals surface area contributed by atoms with Crippen LogP contribution in [0.1, 0.15) is 0 Å². The van der Waals surface area contributed by atoms with Crippen molar-refractivity contribution in [1.29, 1.82) is 0 Å². The monoisotopic (exact) mass is 325 g/mol. The summed E-state index contributed by atoms with van der Waals surface area (Å²) in [6, 6.07) is 11.4. The van der Waals surface area contributed by atoms with Crippen molar-refractivity contribution in [3.63, 3.8) is 0 Å². The minimum atomic E-state index is -0.308. The third-order valence-corrected chi connectivity index (χ3v) is 3.30. The lowest BCUT2D eigenvalue weighted by Crippen LogP contribution is -2.02. The van der Waals surface area contributed by atoms with Gasteiger partial charge in [0.2, 0.25) is 12.7 Å². The van der Waals surface area contributed by atoms with Crippen LogP contribution in [-0.4, -0.2) is 22.0 Å². The van der Waals surface area contributed by atoms with Crippen molar-refractivity contribution >= 4 is 23.1 Å². The summed E-state index contributed by atoms with van der Waals surface area (Å²) in [5, 5.41) is 13.9. The molecule has 0 saturated carbocycles. The molecule has 24 heavy (non-hydrogen) atoms. The fourth-order valence-corrected chi connectivity index (χ4v) is 2.20. The van der Waals surface area contributed by atoms with E-state index in [1.165, 1.54) is 18.3 Å². The first-order valence-corrected chi connectivity index (χ1v) is 7.15. The Hall–Kier alpha value is -3.42. The molecule has 7 nitrogen and oxygen atoms in total. The first-order valence-electron chi connectivity index (χ1n) is 7.15. The summed E-state index contributed by atoms with van der Waals surface area (Å²) >= 11 is 0. The van der Waals surface area contributed by atoms with Crippen LogP contribution in [-0.2, 0) is 0 Å². The van der Waals surface area contributed by atoms with Crippen LogP contribution in [0.15, 0.2) is 48.7 Å². The highest BCUT2D eigenvalue weighted by atomic mass is 19.1. The molecule has 0 spiro atoms. The van der Waals surface area contributed by atoms with Gasteiger partial charge in [0.25, 0.3) is 0 Å². The normalized spacial score (nSPS) is 12.0. The zero-order valence-electron chi connectivity index (χ0n) is 12.4. The molecule has 0 saturated heterocycles. The number of nitrogens with zero attached hydrogens (tertiary/aromatic N) is 3. The van der Waals surface area contributed by atoms with E-state index >= 15 is 0 Å². The topological polar surface area (TPSA) is 81.2 Å². The van der Waals surface area contributed by atoms with Crippen molar-refractivity contribution in [3.8, 4) is 11.5 Å². The Labute approximate surface area is 136 Å². The van der Waals surface area contributed by atoms with Crippen molar-refractivity contribution in [2.24, 2.45) is 0 Å². The Balaban J connectivity index is 1.51. The Morgan fingerprint density at radius 3 is 2.58 bits per heavy atom. The third-order valence-electron chi connectivity index (χ3n) is 3.30. The van der Waals surface area contributed by atoms with E-state index in [4.69, 9.17) is 9.47 Å². The number of nitrogens with one attached hydrogen (secondary N) is 2. The molecular formula is C16H12FN5O2. The number of hydrogen-bond acceptors (Lipinski definition) is 7. The van der Waals surface area contributed by atoms with Gasteiger partial charge in [0, 0.05) is 17.4 Å². The summed E-state index contributed by atoms with van der Waals surface area (Å²) in [5.74, 6) is 1.88. The molecule has 2 aromatic carbocycles. The van der Waals surface area contributed by atoms with Gasteiger partial charge in [-0.2, -0.15) is 10.1 Å². The van der Waals surface area contributed by atoms with Crippen molar-refractivity contribution in [2.45, 2.75) is 0 Å². The lowest BCUT2D eigenvalue weighted by molar-refractivity contribution is 0.174. The van der Waals surface area contributed by atoms with Crippen molar-refractivity contribution < 1.29 is 13.9 Å². The van der Waals surface area contributed by atoms with E-state index in [0.717, 1.165) is 5.69 Å². The highest BCUT2D eigenvalue weighted by Crippen LogP contribution is 2.34. The molecule has 2 N–H and O–H groups in total. The van der Waals surface area contributed by atoms with Gasteiger partial charge in [-0.05, 0) is 36.4 Å². The molecule has 8 heteroatoms. The maximum Gasteiger partial charge on any atom is 0.249 e. The van der Waals surface area contributed by atoms with E-state index in [2.05, 4.69) is 25.8 Å². The summed E-state index contributed by atoms with van der Waals surface area (Å²) in [7, 11) is 0. The number of anilines is 4. The van der Waals surface area contributed by atoms with Crippen LogP contribution in [0.25, 0.3) is 0 Å². The second-order valence-electron chi connectivity index (χ2n) is 4.99. The molecule has 0 atom stereocenters. The molecule has 0 radical (unpaired) electrons. The summed E-state index contributed by atoms with van der Waals surface area (Å²) in [4.78, 5) is 4.32. The predicted octanol–water partition coefficient (Wildman–Crippen LogP) is 3.23. The van der Waals surface area contributed by atoms with Gasteiger partial charge in [-0.1, -0.05) is 0 Å². The molecule has 4 rings (SSSR count). The first-order chi connectivity index (χ1) is 11.8. The van der Waals surface area contributed by atoms with E-state index in [9.17, 15) is 4.39 Å². The third kappa shape index (κ3) is 3.02. The van der Waals surface area contributed by atoms with E-state index in [1.807, 2.05) is 18.2 Å². The molecule has 0 amide bonds. The number of benzene rings is 2. The first kappa shape index (κ1) is 14.2. The van der Waals surface area contributed by atoms with Gasteiger partial charge in [0.1, 0.15) is 5.82 Å². The quantitative estimate of drug-likeness (QED) is 0.762. The van der Waals surface area contributed by atoms with Gasteiger partial charge in [-0.15, -0.1) is 5.10 Å². The van der Waals surface area contributed by atoms with Crippen LogP contribution >= 0.6 is 0 Å². The van der Waals surface area contributed by atoms with Crippen LogP contribution in [0.5, 0.6) is 11.5 Å². The average molecular weight is 325 g/mol. The van der Waals surface area contributed by atoms with E-state index in [0.29, 0.717) is 29.0 Å². The number of aromatic nitrogens is 3. The standard InChI is InChI=1S/C16H12FN5O2/c17-10-1-3-11(4-2-10)20-16-21-15(8-18-22-16)19-12-5-6-13-14(7-12)24-9-23-13/h1-8H,9H2,(H2,19,20,21,22). The zero-order chi connectivity index (χ0) is 16.4. The average Bonchev–Trinajstić information content (AvgIpc) is 3.05. The maximum absolute atomic E-state index is 12.9. The highest BCUT2D eigenvalue weighted by molar-refractivity contribution is 5.62. The Bertz CT molecular complexity index is 873. The van der Waals surface area contributed by atoms with Gasteiger partial charge in [0.15, 0.2) is 17.3 Å². The number of halogens is 1. The van der Waals surface area contributed by atoms with Gasteiger partial charge in [0.05, 0.1) is 6.20 Å². The van der Waals surface area contributed by atoms with Crippen LogP contribution in [0, 0.1) is 5.82 Å². The predicted molar refractivity (Wildman–Crippen MR) is 85.4 cm³/mol. The number of fused-ring (bicyclic) bond motifs is 1. The lowest BCUT2D eigenvalue weighted by Gasteiger charge is -2.08. The van der Waals surface area contributed by atoms with Crippen LogP contribution in [0.2, 0.25) is 0 Å². The zero-order valence-corrected chi connectivity index (χ0v) is 12.4. The van der Waals surface area contributed by atoms with Gasteiger partial charge >= 0.3 is 0 Å². The molecule has 2 heterocycles. The minimum absolute atomic E-state index is 0.222. The van der Waals surface area contributed by atoms with Gasteiger partial charge in [-0.3, -0.25) is 0 Å². The van der Waals surface area contributed by atoms with Crippen molar-refractivity contribution in [3.05, 3.63) is 54.5 Å². The summed E-state index contributed by atoms with van der Waals surface area (Å²) < 4.78 is 23.5. The molecule has 0 bridgehead atoms. The number of rotatable bonds is 4. The molecule has 1 aliphatic rings. The molecule has 0 unspecified atom stereocenters. The molecule has 120 valence electrons. The summed E-state index contributed by atoms with van der Waals surface area (Å²) in [6.45, 7) is 0.222. The minimum Gasteiger partial charge on any atom is -0.454 e. The highest BCUT2D eigenvalue weighted by Gasteiger charge is 2.13. The van der Waals surface area contributed by atoms with Gasteiger partial charge in [-0.25, -0.2) is 4.39 Å². The van der Waals surface area contributed by atoms with Crippen molar-refractivity contribution in [2.75, 3.05) is 17.4 Å². The number of ether oxygens (including phenoxy) is 2. The van der Waals surface area contributed by atoms with E-state index in [1.54, 1.807) is 12.1 Å². The number of hydrogen-bond donors (Lipinski definition) is 2. The van der Waals surface area contributed by atoms with Crippen LogP contribution in [0.3, 0.4) is 0 Å². The Kier molecular flexibility index (Phi) is 3.54. The maximum atomic E-state index is 12.9. The summed E-state index contributed by atoms with van der Waals surface area (Å²) in [6.07, 6.45) is 1.50. The van der Waals surface area contributed by atoms with Crippen LogP contribution in [0.4, 0.5) is 27.5 Å². The molecular weight excluding hydrogens is 313 g/mol. The molecule has 0 fully saturated rings. The largest absolute Gasteiger partial charge is 0.454 e. The molecule has 0 aliphatic carbocycles. The fourth-order valence-electron chi connectivity index (χ4n) is 2.20. The second-order valence-corrected chi connectivity index (χ2v) is 4.99. The van der Waals surface area contributed by atoms with Crippen molar-refractivity contribution in [1.82, 2.24) is 15.2 Å². The smallest absolute Gasteiger partial charge is 0.249 e. The fraction of sp³-hybridized carbons (Fsp3) is 0.0625. The molecule has 1 aliphatic heterocycles. The van der Waals surface area contributed by atoms with Gasteiger partial charge < -0.3 is 20.1 Å².